The Morgan fingerprint density at radius 3 is 2.75 bits per heavy atom. The molecule has 0 fully saturated rings. The number of rotatable bonds is 4. The molecule has 2 heterocycles. The monoisotopic (exact) mass is 268 g/mol. The van der Waals surface area contributed by atoms with Crippen LogP contribution < -0.4 is 0 Å². The number of carbonyl (C=O) groups is 2. The van der Waals surface area contributed by atoms with Crippen molar-refractivity contribution in [2.45, 2.75) is 6.42 Å². The zero-order valence-corrected chi connectivity index (χ0v) is 10.9. The number of benzene rings is 1. The molecule has 0 radical (unpaired) electrons. The minimum Gasteiger partial charge on any atom is -0.453 e. The van der Waals surface area contributed by atoms with Gasteiger partial charge in [-0.2, -0.15) is 0 Å². The summed E-state index contributed by atoms with van der Waals surface area (Å²) in [5, 5.41) is 0.847. The van der Waals surface area contributed by atoms with E-state index >= 15 is 0 Å². The van der Waals surface area contributed by atoms with Crippen LogP contribution >= 0.6 is 0 Å². The molecule has 0 saturated carbocycles. The molecule has 20 heavy (non-hydrogen) atoms. The summed E-state index contributed by atoms with van der Waals surface area (Å²) in [4.78, 5) is 28.0. The second-order valence-electron chi connectivity index (χ2n) is 4.53. The van der Waals surface area contributed by atoms with Crippen molar-refractivity contribution in [3.63, 3.8) is 0 Å². The Hall–Kier alpha value is -2.69. The van der Waals surface area contributed by atoms with Crippen molar-refractivity contribution in [2.24, 2.45) is 7.05 Å². The first kappa shape index (κ1) is 12.3. The summed E-state index contributed by atoms with van der Waals surface area (Å²) in [5.74, 6) is -0.180. The van der Waals surface area contributed by atoms with Crippen LogP contribution in [-0.4, -0.2) is 21.1 Å². The van der Waals surface area contributed by atoms with Crippen molar-refractivity contribution >= 4 is 22.5 Å². The summed E-state index contributed by atoms with van der Waals surface area (Å²) in [6.07, 6.45) is 2.95. The smallest absolute Gasteiger partial charge is 0.206 e. The molecule has 0 aliphatic rings. The maximum atomic E-state index is 12.1. The van der Waals surface area contributed by atoms with Crippen molar-refractivity contribution in [1.29, 1.82) is 0 Å². The number of hydrogen-bond donors (Lipinski definition) is 0. The maximum Gasteiger partial charge on any atom is 0.206 e. The van der Waals surface area contributed by atoms with E-state index in [1.54, 1.807) is 29.9 Å². The molecule has 0 aliphatic heterocycles. The zero-order valence-electron chi connectivity index (χ0n) is 10.9. The van der Waals surface area contributed by atoms with Crippen molar-refractivity contribution in [2.75, 3.05) is 0 Å². The molecule has 0 atom stereocenters. The van der Waals surface area contributed by atoms with Gasteiger partial charge in [0, 0.05) is 24.8 Å². The third-order valence-electron chi connectivity index (χ3n) is 3.09. The Balaban J connectivity index is 1.82. The van der Waals surface area contributed by atoms with Gasteiger partial charge in [0.1, 0.15) is 5.58 Å². The van der Waals surface area contributed by atoms with Crippen LogP contribution in [0, 0.1) is 0 Å². The molecule has 100 valence electrons. The Labute approximate surface area is 114 Å². The van der Waals surface area contributed by atoms with Crippen molar-refractivity contribution in [3.8, 4) is 0 Å². The lowest BCUT2D eigenvalue weighted by atomic mass is 10.1. The standard InChI is InChI=1S/C15H12N2O3/c1-17-7-6-16-15(17)12(19)9-11(18)14-8-10-4-2-3-5-13(10)20-14/h2-8H,9H2,1H3. The number of carbonyl (C=O) groups excluding carboxylic acids is 2. The zero-order chi connectivity index (χ0) is 14.1. The molecule has 3 aromatic rings. The van der Waals surface area contributed by atoms with Gasteiger partial charge in [0.25, 0.3) is 0 Å². The van der Waals surface area contributed by atoms with E-state index in [1.165, 1.54) is 6.20 Å². The highest BCUT2D eigenvalue weighted by molar-refractivity contribution is 6.12. The van der Waals surface area contributed by atoms with E-state index in [2.05, 4.69) is 4.98 Å². The lowest BCUT2D eigenvalue weighted by molar-refractivity contribution is 0.0872. The number of ketones is 2. The number of aryl methyl sites for hydroxylation is 1. The van der Waals surface area contributed by atoms with Gasteiger partial charge < -0.3 is 8.98 Å². The number of hydrogen-bond acceptors (Lipinski definition) is 4. The number of nitrogens with zero attached hydrogens (tertiary/aromatic N) is 2. The molecule has 5 nitrogen and oxygen atoms in total. The number of fused-ring (bicyclic) bond motifs is 1. The molecule has 3 rings (SSSR count). The molecule has 0 spiro atoms. The molecule has 5 heteroatoms. The van der Waals surface area contributed by atoms with Crippen LogP contribution in [0.15, 0.2) is 47.1 Å². The van der Waals surface area contributed by atoms with Gasteiger partial charge in [0.2, 0.25) is 11.6 Å². The Bertz CT molecular complexity index is 765. The van der Waals surface area contributed by atoms with Crippen molar-refractivity contribution < 1.29 is 14.0 Å². The first-order chi connectivity index (χ1) is 9.65. The van der Waals surface area contributed by atoms with Crippen LogP contribution in [0.2, 0.25) is 0 Å². The normalized spacial score (nSPS) is 10.8. The fourth-order valence-electron chi connectivity index (χ4n) is 2.07. The van der Waals surface area contributed by atoms with E-state index in [9.17, 15) is 9.59 Å². The SMILES string of the molecule is Cn1ccnc1C(=O)CC(=O)c1cc2ccccc2o1. The summed E-state index contributed by atoms with van der Waals surface area (Å²) < 4.78 is 7.04. The van der Waals surface area contributed by atoms with Gasteiger partial charge in [-0.25, -0.2) is 4.98 Å². The van der Waals surface area contributed by atoms with Gasteiger partial charge in [0.15, 0.2) is 11.6 Å². The number of aromatic nitrogens is 2. The molecule has 0 saturated heterocycles. The molecule has 0 unspecified atom stereocenters. The summed E-state index contributed by atoms with van der Waals surface area (Å²) in [6.45, 7) is 0. The maximum absolute atomic E-state index is 12.1. The van der Waals surface area contributed by atoms with Crippen molar-refractivity contribution in [1.82, 2.24) is 9.55 Å². The fourth-order valence-corrected chi connectivity index (χ4v) is 2.07. The topological polar surface area (TPSA) is 65.1 Å². The van der Waals surface area contributed by atoms with Gasteiger partial charge in [0.05, 0.1) is 6.42 Å². The number of Topliss-reactive ketones (excluding diaryl/α,β-unsaturated/α-hetero) is 2. The van der Waals surface area contributed by atoms with E-state index in [1.807, 2.05) is 18.2 Å². The van der Waals surface area contributed by atoms with Gasteiger partial charge in [-0.15, -0.1) is 0 Å². The molecule has 1 aromatic carbocycles. The minimum atomic E-state index is -0.339. The highest BCUT2D eigenvalue weighted by atomic mass is 16.3. The second-order valence-corrected chi connectivity index (χ2v) is 4.53. The highest BCUT2D eigenvalue weighted by Gasteiger charge is 2.19. The summed E-state index contributed by atoms with van der Waals surface area (Å²) in [7, 11) is 1.71. The first-order valence-corrected chi connectivity index (χ1v) is 6.17. The van der Waals surface area contributed by atoms with Gasteiger partial charge in [-0.05, 0) is 12.1 Å². The molecule has 0 bridgehead atoms. The average molecular weight is 268 g/mol. The van der Waals surface area contributed by atoms with Crippen molar-refractivity contribution in [3.05, 3.63) is 54.3 Å². The predicted octanol–water partition coefficient (Wildman–Crippen LogP) is 2.62. The fraction of sp³-hybridized carbons (Fsp3) is 0.133. The van der Waals surface area contributed by atoms with Gasteiger partial charge >= 0.3 is 0 Å². The quantitative estimate of drug-likeness (QED) is 0.539. The largest absolute Gasteiger partial charge is 0.453 e. The van der Waals surface area contributed by atoms with Crippen LogP contribution in [0.25, 0.3) is 11.0 Å². The lowest BCUT2D eigenvalue weighted by Gasteiger charge is -1.99. The van der Waals surface area contributed by atoms with Crippen LogP contribution in [0.4, 0.5) is 0 Å². The molecule has 0 amide bonds. The molecule has 0 N–H and O–H groups in total. The minimum absolute atomic E-state index is 0.203. The summed E-state index contributed by atoms with van der Waals surface area (Å²) in [6, 6.07) is 9.00. The van der Waals surface area contributed by atoms with E-state index in [0.29, 0.717) is 5.58 Å². The van der Waals surface area contributed by atoms with E-state index in [4.69, 9.17) is 4.42 Å². The number of imidazole rings is 1. The highest BCUT2D eigenvalue weighted by Crippen LogP contribution is 2.20. The van der Waals surface area contributed by atoms with Crippen LogP contribution in [-0.2, 0) is 7.05 Å². The Morgan fingerprint density at radius 2 is 2.05 bits per heavy atom. The molecular formula is C15H12N2O3. The third-order valence-corrected chi connectivity index (χ3v) is 3.09. The number of furan rings is 1. The predicted molar refractivity (Wildman–Crippen MR) is 72.7 cm³/mol. The molecular weight excluding hydrogens is 256 g/mol. The summed E-state index contributed by atoms with van der Waals surface area (Å²) in [5.41, 5.74) is 0.639. The van der Waals surface area contributed by atoms with Gasteiger partial charge in [-0.3, -0.25) is 9.59 Å². The Kier molecular flexibility index (Phi) is 2.95. The summed E-state index contributed by atoms with van der Waals surface area (Å²) >= 11 is 0. The van der Waals surface area contributed by atoms with Gasteiger partial charge in [-0.1, -0.05) is 18.2 Å². The molecule has 0 aliphatic carbocycles. The van der Waals surface area contributed by atoms with Crippen LogP contribution in [0.1, 0.15) is 27.6 Å². The van der Waals surface area contributed by atoms with E-state index in [0.717, 1.165) is 5.39 Å². The van der Waals surface area contributed by atoms with Crippen LogP contribution in [0.3, 0.4) is 0 Å². The lowest BCUT2D eigenvalue weighted by Crippen LogP contribution is -2.12. The first-order valence-electron chi connectivity index (χ1n) is 6.17. The average Bonchev–Trinajstić information content (AvgIpc) is 3.04. The second kappa shape index (κ2) is 4.77. The molecule has 2 aromatic heterocycles. The van der Waals surface area contributed by atoms with Crippen LogP contribution in [0.5, 0.6) is 0 Å². The third kappa shape index (κ3) is 2.14. The Morgan fingerprint density at radius 1 is 1.25 bits per heavy atom. The van der Waals surface area contributed by atoms with E-state index < -0.39 is 0 Å². The number of para-hydroxylation sites is 1. The van der Waals surface area contributed by atoms with E-state index in [-0.39, 0.29) is 29.6 Å².